The molecule has 2 N–H and O–H groups in total. The maximum atomic E-state index is 13.8. The molecule has 3 aromatic rings. The highest BCUT2D eigenvalue weighted by Gasteiger charge is 2.27. The van der Waals surface area contributed by atoms with E-state index in [1.54, 1.807) is 16.9 Å². The van der Waals surface area contributed by atoms with Gasteiger partial charge in [-0.3, -0.25) is 4.79 Å². The van der Waals surface area contributed by atoms with E-state index in [4.69, 9.17) is 0 Å². The molecule has 0 spiro atoms. The molecule has 1 aliphatic heterocycles. The summed E-state index contributed by atoms with van der Waals surface area (Å²) >= 11 is 0. The molecule has 0 unspecified atom stereocenters. The molecule has 7 heteroatoms. The molecule has 0 bridgehead atoms. The van der Waals surface area contributed by atoms with Crippen molar-refractivity contribution in [2.45, 2.75) is 25.7 Å². The lowest BCUT2D eigenvalue weighted by molar-refractivity contribution is 0.102. The third-order valence-corrected chi connectivity index (χ3v) is 5.22. The van der Waals surface area contributed by atoms with Gasteiger partial charge < -0.3 is 10.6 Å². The normalized spacial score (nSPS) is 14.3. The second-order valence-corrected chi connectivity index (χ2v) is 7.13. The van der Waals surface area contributed by atoms with Crippen LogP contribution >= 0.6 is 12.4 Å². The summed E-state index contributed by atoms with van der Waals surface area (Å²) in [5.41, 5.74) is 3.79. The lowest BCUT2D eigenvalue weighted by Gasteiger charge is -2.24. The van der Waals surface area contributed by atoms with Gasteiger partial charge in [-0.2, -0.15) is 5.10 Å². The van der Waals surface area contributed by atoms with Gasteiger partial charge in [-0.05, 0) is 62.7 Å². The molecular formula is C22H24ClFN4O. The topological polar surface area (TPSA) is 59.0 Å². The van der Waals surface area contributed by atoms with E-state index < -0.39 is 0 Å². The fourth-order valence-electron chi connectivity index (χ4n) is 3.74. The Labute approximate surface area is 175 Å². The summed E-state index contributed by atoms with van der Waals surface area (Å²) < 4.78 is 15.5. The molecule has 1 amide bonds. The number of para-hydroxylation sites is 1. The van der Waals surface area contributed by atoms with Gasteiger partial charge in [0.1, 0.15) is 5.82 Å². The van der Waals surface area contributed by atoms with Crippen LogP contribution in [0.15, 0.2) is 54.7 Å². The highest BCUT2D eigenvalue weighted by atomic mass is 35.5. The highest BCUT2D eigenvalue weighted by molar-refractivity contribution is 6.05. The number of nitrogens with one attached hydrogen (secondary N) is 2. The van der Waals surface area contributed by atoms with E-state index in [0.717, 1.165) is 42.9 Å². The van der Waals surface area contributed by atoms with Gasteiger partial charge in [0.15, 0.2) is 0 Å². The average molecular weight is 415 g/mol. The van der Waals surface area contributed by atoms with E-state index in [-0.39, 0.29) is 30.0 Å². The van der Waals surface area contributed by atoms with Crippen LogP contribution in [-0.4, -0.2) is 28.8 Å². The lowest BCUT2D eigenvalue weighted by Crippen LogP contribution is -2.29. The Bertz CT molecular complexity index is 998. The van der Waals surface area contributed by atoms with Crippen molar-refractivity contribution in [1.82, 2.24) is 15.1 Å². The number of hydrogen-bond donors (Lipinski definition) is 2. The Hall–Kier alpha value is -2.70. The van der Waals surface area contributed by atoms with Crippen molar-refractivity contribution < 1.29 is 9.18 Å². The number of aryl methyl sites for hydroxylation is 1. The molecule has 2 aromatic carbocycles. The minimum absolute atomic E-state index is 0. The van der Waals surface area contributed by atoms with Crippen molar-refractivity contribution in [2.24, 2.45) is 0 Å². The predicted octanol–water partition coefficient (Wildman–Crippen LogP) is 4.46. The smallest absolute Gasteiger partial charge is 0.259 e. The SMILES string of the molecule is Cc1ccccc1NC(=O)c1cnn(-c2cccc(F)c2)c1C1CCNCC1.Cl. The predicted molar refractivity (Wildman–Crippen MR) is 115 cm³/mol. The zero-order chi connectivity index (χ0) is 19.5. The second kappa shape index (κ2) is 9.20. The largest absolute Gasteiger partial charge is 0.322 e. The molecule has 29 heavy (non-hydrogen) atoms. The van der Waals surface area contributed by atoms with Crippen molar-refractivity contribution in [1.29, 1.82) is 0 Å². The van der Waals surface area contributed by atoms with Crippen LogP contribution in [0.1, 0.15) is 40.4 Å². The van der Waals surface area contributed by atoms with Crippen molar-refractivity contribution in [3.63, 3.8) is 0 Å². The molecule has 2 heterocycles. The van der Waals surface area contributed by atoms with E-state index in [1.165, 1.54) is 12.1 Å². The fraction of sp³-hybridized carbons (Fsp3) is 0.273. The number of aromatic nitrogens is 2. The Balaban J connectivity index is 0.00000240. The molecule has 1 fully saturated rings. The first-order valence-corrected chi connectivity index (χ1v) is 9.55. The van der Waals surface area contributed by atoms with Gasteiger partial charge in [0.2, 0.25) is 0 Å². The van der Waals surface area contributed by atoms with Crippen molar-refractivity contribution >= 4 is 24.0 Å². The quantitative estimate of drug-likeness (QED) is 0.662. The molecule has 0 saturated carbocycles. The number of rotatable bonds is 4. The van der Waals surface area contributed by atoms with Crippen molar-refractivity contribution in [3.8, 4) is 5.69 Å². The number of halogens is 2. The van der Waals surface area contributed by atoms with Crippen LogP contribution in [0.2, 0.25) is 0 Å². The molecule has 1 saturated heterocycles. The van der Waals surface area contributed by atoms with Crippen LogP contribution in [0.5, 0.6) is 0 Å². The molecule has 0 aliphatic carbocycles. The van der Waals surface area contributed by atoms with Crippen LogP contribution in [0.25, 0.3) is 5.69 Å². The summed E-state index contributed by atoms with van der Waals surface area (Å²) in [6, 6.07) is 14.0. The van der Waals surface area contributed by atoms with Crippen LogP contribution < -0.4 is 10.6 Å². The fourth-order valence-corrected chi connectivity index (χ4v) is 3.74. The van der Waals surface area contributed by atoms with Gasteiger partial charge >= 0.3 is 0 Å². The first-order chi connectivity index (χ1) is 13.6. The highest BCUT2D eigenvalue weighted by Crippen LogP contribution is 2.31. The van der Waals surface area contributed by atoms with Gasteiger partial charge in [-0.1, -0.05) is 24.3 Å². The molecule has 4 rings (SSSR count). The lowest BCUT2D eigenvalue weighted by atomic mass is 9.91. The van der Waals surface area contributed by atoms with Crippen LogP contribution in [0, 0.1) is 12.7 Å². The summed E-state index contributed by atoms with van der Waals surface area (Å²) in [5.74, 6) is -0.328. The molecule has 5 nitrogen and oxygen atoms in total. The van der Waals surface area contributed by atoms with Gasteiger partial charge in [-0.25, -0.2) is 9.07 Å². The third-order valence-electron chi connectivity index (χ3n) is 5.22. The number of carbonyl (C=O) groups excluding carboxylic acids is 1. The summed E-state index contributed by atoms with van der Waals surface area (Å²) in [6.45, 7) is 3.73. The van der Waals surface area contributed by atoms with E-state index in [9.17, 15) is 9.18 Å². The Kier molecular flexibility index (Phi) is 6.67. The third kappa shape index (κ3) is 4.49. The average Bonchev–Trinajstić information content (AvgIpc) is 3.16. The summed E-state index contributed by atoms with van der Waals surface area (Å²) in [6.07, 6.45) is 3.41. The van der Waals surface area contributed by atoms with Gasteiger partial charge in [0, 0.05) is 11.6 Å². The first-order valence-electron chi connectivity index (χ1n) is 9.55. The Morgan fingerprint density at radius 1 is 1.17 bits per heavy atom. The zero-order valence-corrected chi connectivity index (χ0v) is 17.0. The molecule has 1 aliphatic rings. The van der Waals surface area contributed by atoms with Gasteiger partial charge in [0.05, 0.1) is 23.1 Å². The van der Waals surface area contributed by atoms with Crippen LogP contribution in [0.4, 0.5) is 10.1 Å². The minimum atomic E-state index is -0.324. The molecular weight excluding hydrogens is 391 g/mol. The molecule has 1 aromatic heterocycles. The maximum absolute atomic E-state index is 13.8. The van der Waals surface area contributed by atoms with E-state index in [2.05, 4.69) is 15.7 Å². The van der Waals surface area contributed by atoms with Crippen LogP contribution in [0.3, 0.4) is 0 Å². The monoisotopic (exact) mass is 414 g/mol. The van der Waals surface area contributed by atoms with E-state index in [1.807, 2.05) is 37.3 Å². The van der Waals surface area contributed by atoms with E-state index in [0.29, 0.717) is 11.3 Å². The minimum Gasteiger partial charge on any atom is -0.322 e. The molecule has 0 radical (unpaired) electrons. The standard InChI is InChI=1S/C22H23FN4O.ClH/c1-15-5-2-3-8-20(15)26-22(28)19-14-25-27(18-7-4-6-17(23)13-18)21(19)16-9-11-24-12-10-16;/h2-8,13-14,16,24H,9-12H2,1H3,(H,26,28);1H. The van der Waals surface area contributed by atoms with Crippen LogP contribution in [-0.2, 0) is 0 Å². The number of hydrogen-bond acceptors (Lipinski definition) is 3. The first kappa shape index (κ1) is 21.0. The zero-order valence-electron chi connectivity index (χ0n) is 16.2. The van der Waals surface area contributed by atoms with Crippen molar-refractivity contribution in [2.75, 3.05) is 18.4 Å². The van der Waals surface area contributed by atoms with Gasteiger partial charge in [-0.15, -0.1) is 12.4 Å². The molecule has 152 valence electrons. The van der Waals surface area contributed by atoms with E-state index >= 15 is 0 Å². The van der Waals surface area contributed by atoms with Gasteiger partial charge in [0.25, 0.3) is 5.91 Å². The number of carbonyl (C=O) groups is 1. The maximum Gasteiger partial charge on any atom is 0.259 e. The number of nitrogens with zero attached hydrogens (tertiary/aromatic N) is 2. The number of amides is 1. The summed E-state index contributed by atoms with van der Waals surface area (Å²) in [5, 5.41) is 10.8. The number of benzene rings is 2. The number of piperidine rings is 1. The second-order valence-electron chi connectivity index (χ2n) is 7.13. The summed E-state index contributed by atoms with van der Waals surface area (Å²) in [4.78, 5) is 13.1. The van der Waals surface area contributed by atoms with Crippen molar-refractivity contribution in [3.05, 3.63) is 77.4 Å². The molecule has 0 atom stereocenters. The number of anilines is 1. The Morgan fingerprint density at radius 2 is 1.93 bits per heavy atom. The Morgan fingerprint density at radius 3 is 2.66 bits per heavy atom. The summed E-state index contributed by atoms with van der Waals surface area (Å²) in [7, 11) is 0.